The SMILES string of the molecule is CC(C)(CNC(=O)CCC1CCCCN1)c1ccccc1. The van der Waals surface area contributed by atoms with Crippen LogP contribution >= 0.6 is 0 Å². The topological polar surface area (TPSA) is 41.1 Å². The van der Waals surface area contributed by atoms with Crippen LogP contribution < -0.4 is 10.6 Å². The maximum atomic E-state index is 12.0. The fourth-order valence-corrected chi connectivity index (χ4v) is 2.88. The van der Waals surface area contributed by atoms with Gasteiger partial charge in [-0.15, -0.1) is 0 Å². The van der Waals surface area contributed by atoms with Gasteiger partial charge in [0, 0.05) is 24.4 Å². The molecule has 21 heavy (non-hydrogen) atoms. The van der Waals surface area contributed by atoms with Crippen LogP contribution in [0.4, 0.5) is 0 Å². The number of carbonyl (C=O) groups is 1. The molecule has 1 aromatic rings. The number of hydrogen-bond acceptors (Lipinski definition) is 2. The fraction of sp³-hybridized carbons (Fsp3) is 0.611. The summed E-state index contributed by atoms with van der Waals surface area (Å²) in [6.07, 6.45) is 5.36. The minimum atomic E-state index is -0.0278. The Morgan fingerprint density at radius 2 is 2.05 bits per heavy atom. The highest BCUT2D eigenvalue weighted by Gasteiger charge is 2.21. The van der Waals surface area contributed by atoms with Gasteiger partial charge in [0.1, 0.15) is 0 Å². The molecule has 3 nitrogen and oxygen atoms in total. The Bertz CT molecular complexity index is 436. The molecule has 2 N–H and O–H groups in total. The van der Waals surface area contributed by atoms with Gasteiger partial charge in [-0.05, 0) is 31.4 Å². The zero-order chi connectivity index (χ0) is 15.1. The van der Waals surface area contributed by atoms with Gasteiger partial charge in [-0.2, -0.15) is 0 Å². The molecule has 2 rings (SSSR count). The minimum Gasteiger partial charge on any atom is -0.355 e. The van der Waals surface area contributed by atoms with E-state index in [0.29, 0.717) is 19.0 Å². The molecule has 116 valence electrons. The molecule has 3 heteroatoms. The summed E-state index contributed by atoms with van der Waals surface area (Å²) in [5.41, 5.74) is 1.24. The Kier molecular flexibility index (Phi) is 5.80. The van der Waals surface area contributed by atoms with E-state index in [9.17, 15) is 4.79 Å². The Hall–Kier alpha value is -1.35. The van der Waals surface area contributed by atoms with E-state index in [1.807, 2.05) is 18.2 Å². The van der Waals surface area contributed by atoms with E-state index in [4.69, 9.17) is 0 Å². The predicted molar refractivity (Wildman–Crippen MR) is 87.4 cm³/mol. The first kappa shape index (κ1) is 16.0. The van der Waals surface area contributed by atoms with Gasteiger partial charge in [0.25, 0.3) is 0 Å². The molecule has 1 aliphatic rings. The maximum absolute atomic E-state index is 12.0. The molecule has 1 amide bonds. The summed E-state index contributed by atoms with van der Waals surface area (Å²) in [5.74, 6) is 0.173. The molecule has 0 aromatic heterocycles. The molecule has 0 saturated carbocycles. The maximum Gasteiger partial charge on any atom is 0.220 e. The van der Waals surface area contributed by atoms with E-state index >= 15 is 0 Å². The van der Waals surface area contributed by atoms with Gasteiger partial charge in [0.05, 0.1) is 0 Å². The zero-order valence-corrected chi connectivity index (χ0v) is 13.3. The normalized spacial score (nSPS) is 19.2. The first-order valence-corrected chi connectivity index (χ1v) is 8.13. The van der Waals surface area contributed by atoms with Crippen molar-refractivity contribution in [2.24, 2.45) is 0 Å². The van der Waals surface area contributed by atoms with Gasteiger partial charge in [0.15, 0.2) is 0 Å². The second kappa shape index (κ2) is 7.60. The molecule has 1 saturated heterocycles. The second-order valence-corrected chi connectivity index (χ2v) is 6.71. The van der Waals surface area contributed by atoms with Gasteiger partial charge in [0.2, 0.25) is 5.91 Å². The summed E-state index contributed by atoms with van der Waals surface area (Å²) in [4.78, 5) is 12.0. The van der Waals surface area contributed by atoms with Crippen LogP contribution in [0.25, 0.3) is 0 Å². The van der Waals surface area contributed by atoms with Crippen LogP contribution in [-0.2, 0) is 10.2 Å². The van der Waals surface area contributed by atoms with Crippen molar-refractivity contribution in [3.63, 3.8) is 0 Å². The van der Waals surface area contributed by atoms with Crippen molar-refractivity contribution in [1.82, 2.24) is 10.6 Å². The molecule has 1 aromatic carbocycles. The van der Waals surface area contributed by atoms with E-state index in [1.165, 1.54) is 24.8 Å². The van der Waals surface area contributed by atoms with Gasteiger partial charge < -0.3 is 10.6 Å². The smallest absolute Gasteiger partial charge is 0.220 e. The predicted octanol–water partition coefficient (Wildman–Crippen LogP) is 3.00. The van der Waals surface area contributed by atoms with Gasteiger partial charge in [-0.25, -0.2) is 0 Å². The van der Waals surface area contributed by atoms with Crippen LogP contribution in [0, 0.1) is 0 Å². The van der Waals surface area contributed by atoms with E-state index < -0.39 is 0 Å². The lowest BCUT2D eigenvalue weighted by molar-refractivity contribution is -0.121. The molecule has 1 aliphatic heterocycles. The first-order chi connectivity index (χ1) is 10.1. The van der Waals surface area contributed by atoms with E-state index in [2.05, 4.69) is 36.6 Å². The summed E-state index contributed by atoms with van der Waals surface area (Å²) in [5, 5.41) is 6.59. The molecule has 1 fully saturated rings. The van der Waals surface area contributed by atoms with Crippen molar-refractivity contribution < 1.29 is 4.79 Å². The third-order valence-electron chi connectivity index (χ3n) is 4.41. The number of piperidine rings is 1. The lowest BCUT2D eigenvalue weighted by atomic mass is 9.84. The third kappa shape index (κ3) is 5.16. The standard InChI is InChI=1S/C18H28N2O/c1-18(2,15-8-4-3-5-9-15)14-20-17(21)12-11-16-10-6-7-13-19-16/h3-5,8-9,16,19H,6-7,10-14H2,1-2H3,(H,20,21). The Morgan fingerprint density at radius 1 is 1.29 bits per heavy atom. The van der Waals surface area contributed by atoms with E-state index in [0.717, 1.165) is 13.0 Å². The summed E-state index contributed by atoms with van der Waals surface area (Å²) in [6.45, 7) is 6.14. The number of amides is 1. The molecule has 0 bridgehead atoms. The molecule has 1 unspecified atom stereocenters. The van der Waals surface area contributed by atoms with Gasteiger partial charge in [-0.3, -0.25) is 4.79 Å². The third-order valence-corrected chi connectivity index (χ3v) is 4.41. The highest BCUT2D eigenvalue weighted by atomic mass is 16.1. The molecule has 1 heterocycles. The molecule has 0 radical (unpaired) electrons. The lowest BCUT2D eigenvalue weighted by Crippen LogP contribution is -2.38. The number of hydrogen-bond donors (Lipinski definition) is 2. The van der Waals surface area contributed by atoms with Gasteiger partial charge >= 0.3 is 0 Å². The summed E-state index contributed by atoms with van der Waals surface area (Å²) >= 11 is 0. The summed E-state index contributed by atoms with van der Waals surface area (Å²) in [7, 11) is 0. The average molecular weight is 288 g/mol. The Labute approximate surface area is 128 Å². The van der Waals surface area contributed by atoms with Crippen LogP contribution in [0.1, 0.15) is 51.5 Å². The Morgan fingerprint density at radius 3 is 2.71 bits per heavy atom. The lowest BCUT2D eigenvalue weighted by Gasteiger charge is -2.26. The van der Waals surface area contributed by atoms with Crippen LogP contribution in [0.5, 0.6) is 0 Å². The van der Waals surface area contributed by atoms with Crippen LogP contribution in [0.3, 0.4) is 0 Å². The Balaban J connectivity index is 1.73. The summed E-state index contributed by atoms with van der Waals surface area (Å²) in [6, 6.07) is 10.9. The van der Waals surface area contributed by atoms with Crippen molar-refractivity contribution >= 4 is 5.91 Å². The molecule has 0 aliphatic carbocycles. The van der Waals surface area contributed by atoms with Crippen LogP contribution in [0.2, 0.25) is 0 Å². The van der Waals surface area contributed by atoms with E-state index in [1.54, 1.807) is 0 Å². The molecule has 0 spiro atoms. The van der Waals surface area contributed by atoms with Crippen LogP contribution in [0.15, 0.2) is 30.3 Å². The molecule has 1 atom stereocenters. The second-order valence-electron chi connectivity index (χ2n) is 6.71. The van der Waals surface area contributed by atoms with Crippen molar-refractivity contribution in [2.75, 3.05) is 13.1 Å². The highest BCUT2D eigenvalue weighted by Crippen LogP contribution is 2.21. The number of benzene rings is 1. The van der Waals surface area contributed by atoms with Crippen molar-refractivity contribution in [1.29, 1.82) is 0 Å². The molecular formula is C18H28N2O. The van der Waals surface area contributed by atoms with Gasteiger partial charge in [-0.1, -0.05) is 50.6 Å². The van der Waals surface area contributed by atoms with E-state index in [-0.39, 0.29) is 11.3 Å². The minimum absolute atomic E-state index is 0.0278. The van der Waals surface area contributed by atoms with Crippen LogP contribution in [-0.4, -0.2) is 25.0 Å². The monoisotopic (exact) mass is 288 g/mol. The zero-order valence-electron chi connectivity index (χ0n) is 13.3. The van der Waals surface area contributed by atoms with Crippen molar-refractivity contribution in [3.8, 4) is 0 Å². The summed E-state index contributed by atoms with van der Waals surface area (Å²) < 4.78 is 0. The van der Waals surface area contributed by atoms with Crippen molar-refractivity contribution in [3.05, 3.63) is 35.9 Å². The highest BCUT2D eigenvalue weighted by molar-refractivity contribution is 5.76. The largest absolute Gasteiger partial charge is 0.355 e. The molecular weight excluding hydrogens is 260 g/mol. The van der Waals surface area contributed by atoms with Crippen molar-refractivity contribution in [2.45, 2.75) is 57.4 Å². The number of nitrogens with one attached hydrogen (secondary N) is 2. The quantitative estimate of drug-likeness (QED) is 0.845. The number of carbonyl (C=O) groups excluding carboxylic acids is 1. The average Bonchev–Trinajstić information content (AvgIpc) is 2.53. The number of rotatable bonds is 6. The first-order valence-electron chi connectivity index (χ1n) is 8.13. The fourth-order valence-electron chi connectivity index (χ4n) is 2.88.